The lowest BCUT2D eigenvalue weighted by atomic mass is 10.0. The largest absolute Gasteiger partial charge is 0.349 e. The van der Waals surface area contributed by atoms with E-state index in [4.69, 9.17) is 0 Å². The first-order valence-corrected chi connectivity index (χ1v) is 7.50. The van der Waals surface area contributed by atoms with Crippen molar-refractivity contribution in [2.45, 2.75) is 58.9 Å². The van der Waals surface area contributed by atoms with E-state index < -0.39 is 0 Å². The van der Waals surface area contributed by atoms with Crippen LogP contribution in [0.15, 0.2) is 30.3 Å². The van der Waals surface area contributed by atoms with Crippen LogP contribution in [0.5, 0.6) is 0 Å². The predicted octanol–water partition coefficient (Wildman–Crippen LogP) is 4.47. The molecule has 1 aromatic rings. The molecule has 2 atom stereocenters. The van der Waals surface area contributed by atoms with Crippen LogP contribution >= 0.6 is 0 Å². The summed E-state index contributed by atoms with van der Waals surface area (Å²) in [5, 5.41) is 3.10. The number of hydrogen-bond donors (Lipinski definition) is 1. The molecule has 0 saturated carbocycles. The van der Waals surface area contributed by atoms with Crippen molar-refractivity contribution in [3.63, 3.8) is 0 Å². The minimum Gasteiger partial charge on any atom is -0.349 e. The van der Waals surface area contributed by atoms with Gasteiger partial charge < -0.3 is 5.32 Å². The number of hydrogen-bond acceptors (Lipinski definition) is 1. The van der Waals surface area contributed by atoms with Crippen LogP contribution < -0.4 is 5.32 Å². The minimum absolute atomic E-state index is 0.0896. The van der Waals surface area contributed by atoms with E-state index in [1.54, 1.807) is 0 Å². The van der Waals surface area contributed by atoms with E-state index in [1.807, 2.05) is 32.0 Å². The first kappa shape index (κ1) is 15.7. The number of nitrogens with one attached hydrogen (secondary N) is 1. The van der Waals surface area contributed by atoms with E-state index in [0.717, 1.165) is 18.4 Å². The molecule has 0 heterocycles. The van der Waals surface area contributed by atoms with Gasteiger partial charge in [-0.1, -0.05) is 69.9 Å². The third-order valence-corrected chi connectivity index (χ3v) is 3.60. The highest BCUT2D eigenvalue weighted by molar-refractivity contribution is 5.78. The van der Waals surface area contributed by atoms with E-state index in [-0.39, 0.29) is 17.9 Å². The highest BCUT2D eigenvalue weighted by Crippen LogP contribution is 2.15. The Bertz CT molecular complexity index is 361. The Labute approximate surface area is 117 Å². The molecule has 2 heteroatoms. The summed E-state index contributed by atoms with van der Waals surface area (Å²) in [7, 11) is 0. The molecule has 0 fully saturated rings. The van der Waals surface area contributed by atoms with Gasteiger partial charge in [-0.3, -0.25) is 4.79 Å². The van der Waals surface area contributed by atoms with Crippen molar-refractivity contribution in [2.75, 3.05) is 0 Å². The van der Waals surface area contributed by atoms with Gasteiger partial charge in [0.15, 0.2) is 0 Å². The maximum Gasteiger partial charge on any atom is 0.223 e. The first-order valence-electron chi connectivity index (χ1n) is 7.50. The van der Waals surface area contributed by atoms with Crippen molar-refractivity contribution in [1.29, 1.82) is 0 Å². The Morgan fingerprint density at radius 2 is 1.79 bits per heavy atom. The van der Waals surface area contributed by atoms with E-state index in [0.29, 0.717) is 0 Å². The Kier molecular flexibility index (Phi) is 7.24. The highest BCUT2D eigenvalue weighted by atomic mass is 16.1. The van der Waals surface area contributed by atoms with Gasteiger partial charge in [0.2, 0.25) is 5.91 Å². The monoisotopic (exact) mass is 261 g/mol. The van der Waals surface area contributed by atoms with E-state index in [1.165, 1.54) is 19.3 Å². The second-order valence-corrected chi connectivity index (χ2v) is 5.39. The van der Waals surface area contributed by atoms with Gasteiger partial charge in [0, 0.05) is 5.92 Å². The summed E-state index contributed by atoms with van der Waals surface area (Å²) >= 11 is 0. The van der Waals surface area contributed by atoms with Crippen molar-refractivity contribution in [1.82, 2.24) is 5.32 Å². The topological polar surface area (TPSA) is 29.1 Å². The SMILES string of the molecule is CCCCCC[C@@H](C)C(=O)N[C@@H](C)c1ccccc1. The van der Waals surface area contributed by atoms with Crippen LogP contribution in [-0.2, 0) is 4.79 Å². The highest BCUT2D eigenvalue weighted by Gasteiger charge is 2.15. The zero-order valence-electron chi connectivity index (χ0n) is 12.5. The Morgan fingerprint density at radius 1 is 1.11 bits per heavy atom. The molecule has 1 N–H and O–H groups in total. The third-order valence-electron chi connectivity index (χ3n) is 3.60. The smallest absolute Gasteiger partial charge is 0.223 e. The third kappa shape index (κ3) is 5.91. The molecule has 1 amide bonds. The van der Waals surface area contributed by atoms with Gasteiger partial charge in [0.1, 0.15) is 0 Å². The Balaban J connectivity index is 2.33. The molecule has 19 heavy (non-hydrogen) atoms. The molecular formula is C17H27NO. The molecule has 0 aliphatic carbocycles. The summed E-state index contributed by atoms with van der Waals surface area (Å²) in [5.74, 6) is 0.288. The minimum atomic E-state index is 0.0896. The molecule has 0 radical (unpaired) electrons. The van der Waals surface area contributed by atoms with Crippen LogP contribution in [0.2, 0.25) is 0 Å². The predicted molar refractivity (Wildman–Crippen MR) is 80.9 cm³/mol. The van der Waals surface area contributed by atoms with Crippen molar-refractivity contribution in [2.24, 2.45) is 5.92 Å². The number of carbonyl (C=O) groups excluding carboxylic acids is 1. The molecule has 106 valence electrons. The molecule has 0 aliphatic heterocycles. The zero-order chi connectivity index (χ0) is 14.1. The standard InChI is InChI=1S/C17H27NO/c1-4-5-6-8-11-14(2)17(19)18-15(3)16-12-9-7-10-13-16/h7,9-10,12-15H,4-6,8,11H2,1-3H3,(H,18,19)/t14-,15+/m1/s1. The number of amides is 1. The lowest BCUT2D eigenvalue weighted by molar-refractivity contribution is -0.125. The van der Waals surface area contributed by atoms with Gasteiger partial charge in [0.25, 0.3) is 0 Å². The lowest BCUT2D eigenvalue weighted by Gasteiger charge is -2.18. The Morgan fingerprint density at radius 3 is 2.42 bits per heavy atom. The van der Waals surface area contributed by atoms with Crippen molar-refractivity contribution >= 4 is 5.91 Å². The molecular weight excluding hydrogens is 234 g/mol. The molecule has 1 aromatic carbocycles. The fourth-order valence-corrected chi connectivity index (χ4v) is 2.19. The summed E-state index contributed by atoms with van der Waals surface area (Å²) in [6, 6.07) is 10.2. The molecule has 0 spiro atoms. The van der Waals surface area contributed by atoms with Crippen LogP contribution in [-0.4, -0.2) is 5.91 Å². The molecule has 0 saturated heterocycles. The molecule has 1 rings (SSSR count). The van der Waals surface area contributed by atoms with Crippen LogP contribution in [0.1, 0.15) is 64.5 Å². The van der Waals surface area contributed by atoms with Gasteiger partial charge in [-0.2, -0.15) is 0 Å². The summed E-state index contributed by atoms with van der Waals surface area (Å²) in [6.07, 6.45) is 5.90. The maximum atomic E-state index is 12.1. The second-order valence-electron chi connectivity index (χ2n) is 5.39. The van der Waals surface area contributed by atoms with E-state index in [9.17, 15) is 4.79 Å². The average molecular weight is 261 g/mol. The van der Waals surface area contributed by atoms with Crippen LogP contribution in [0.4, 0.5) is 0 Å². The lowest BCUT2D eigenvalue weighted by Crippen LogP contribution is -2.31. The van der Waals surface area contributed by atoms with Gasteiger partial charge in [-0.15, -0.1) is 0 Å². The summed E-state index contributed by atoms with van der Waals surface area (Å²) in [6.45, 7) is 6.27. The van der Waals surface area contributed by atoms with Crippen LogP contribution in [0, 0.1) is 5.92 Å². The quantitative estimate of drug-likeness (QED) is 0.687. The van der Waals surface area contributed by atoms with Crippen LogP contribution in [0.3, 0.4) is 0 Å². The summed E-state index contributed by atoms with van der Waals surface area (Å²) in [4.78, 5) is 12.1. The van der Waals surface area contributed by atoms with Crippen molar-refractivity contribution < 1.29 is 4.79 Å². The van der Waals surface area contributed by atoms with Gasteiger partial charge in [-0.05, 0) is 18.9 Å². The summed E-state index contributed by atoms with van der Waals surface area (Å²) < 4.78 is 0. The Hall–Kier alpha value is -1.31. The normalized spacial score (nSPS) is 13.8. The van der Waals surface area contributed by atoms with E-state index >= 15 is 0 Å². The van der Waals surface area contributed by atoms with E-state index in [2.05, 4.69) is 24.4 Å². The number of rotatable bonds is 8. The molecule has 0 bridgehead atoms. The first-order chi connectivity index (χ1) is 9.15. The fraction of sp³-hybridized carbons (Fsp3) is 0.588. The van der Waals surface area contributed by atoms with Crippen LogP contribution in [0.25, 0.3) is 0 Å². The van der Waals surface area contributed by atoms with Gasteiger partial charge in [-0.25, -0.2) is 0 Å². The summed E-state index contributed by atoms with van der Waals surface area (Å²) in [5.41, 5.74) is 1.16. The van der Waals surface area contributed by atoms with Crippen molar-refractivity contribution in [3.05, 3.63) is 35.9 Å². The molecule has 0 unspecified atom stereocenters. The number of unbranched alkanes of at least 4 members (excludes halogenated alkanes) is 3. The number of carbonyl (C=O) groups is 1. The number of benzene rings is 1. The van der Waals surface area contributed by atoms with Crippen molar-refractivity contribution in [3.8, 4) is 0 Å². The molecule has 0 aromatic heterocycles. The molecule has 2 nitrogen and oxygen atoms in total. The second kappa shape index (κ2) is 8.73. The maximum absolute atomic E-state index is 12.1. The fourth-order valence-electron chi connectivity index (χ4n) is 2.19. The molecule has 0 aliphatic rings. The van der Waals surface area contributed by atoms with Gasteiger partial charge in [0.05, 0.1) is 6.04 Å². The van der Waals surface area contributed by atoms with Gasteiger partial charge >= 0.3 is 0 Å². The zero-order valence-corrected chi connectivity index (χ0v) is 12.5. The average Bonchev–Trinajstić information content (AvgIpc) is 2.44.